The van der Waals surface area contributed by atoms with Gasteiger partial charge >= 0.3 is 0 Å². The van der Waals surface area contributed by atoms with Crippen molar-refractivity contribution in [3.05, 3.63) is 40.4 Å². The molecule has 8 nitrogen and oxygen atoms in total. The first-order valence-electron chi connectivity index (χ1n) is 8.73. The number of fused-ring (bicyclic) bond motifs is 1. The fourth-order valence-corrected chi connectivity index (χ4v) is 5.00. The van der Waals surface area contributed by atoms with Gasteiger partial charge in [-0.1, -0.05) is 23.2 Å². The second kappa shape index (κ2) is 7.47. The van der Waals surface area contributed by atoms with Crippen LogP contribution in [-0.2, 0) is 10.0 Å². The quantitative estimate of drug-likeness (QED) is 0.667. The van der Waals surface area contributed by atoms with Gasteiger partial charge in [0.15, 0.2) is 11.5 Å². The first-order valence-corrected chi connectivity index (χ1v) is 11.2. The molecule has 1 fully saturated rings. The summed E-state index contributed by atoms with van der Waals surface area (Å²) < 4.78 is 24.5. The maximum Gasteiger partial charge on any atom is 0.209 e. The first kappa shape index (κ1) is 19.4. The molecular formula is C17H18Cl2N6O2S. The molecule has 2 aromatic heterocycles. The fraction of sp³-hybridized carbons (Fsp3) is 0.353. The van der Waals surface area contributed by atoms with E-state index in [0.29, 0.717) is 33.6 Å². The smallest absolute Gasteiger partial charge is 0.209 e. The Morgan fingerprint density at radius 2 is 1.89 bits per heavy atom. The maximum absolute atomic E-state index is 11.4. The topological polar surface area (TPSA) is 106 Å². The average molecular weight is 441 g/mol. The summed E-state index contributed by atoms with van der Waals surface area (Å²) in [4.78, 5) is 2.06. The molecule has 148 valence electrons. The van der Waals surface area contributed by atoms with Crippen LogP contribution in [-0.4, -0.2) is 47.1 Å². The van der Waals surface area contributed by atoms with Gasteiger partial charge in [-0.15, -0.1) is 15.3 Å². The Bertz CT molecular complexity index is 1110. The van der Waals surface area contributed by atoms with Gasteiger partial charge in [-0.3, -0.25) is 0 Å². The zero-order chi connectivity index (χ0) is 19.9. The number of nitrogens with zero attached hydrogens (tertiary/aromatic N) is 5. The van der Waals surface area contributed by atoms with E-state index in [9.17, 15) is 8.42 Å². The van der Waals surface area contributed by atoms with E-state index in [2.05, 4.69) is 20.2 Å². The summed E-state index contributed by atoms with van der Waals surface area (Å²) in [6, 6.07) is 8.84. The van der Waals surface area contributed by atoms with Gasteiger partial charge in [0.2, 0.25) is 10.0 Å². The lowest BCUT2D eigenvalue weighted by Crippen LogP contribution is -2.39. The minimum absolute atomic E-state index is 0.0200. The van der Waals surface area contributed by atoms with Gasteiger partial charge in [0.1, 0.15) is 5.82 Å². The van der Waals surface area contributed by atoms with Gasteiger partial charge < -0.3 is 4.90 Å². The molecule has 1 saturated heterocycles. The van der Waals surface area contributed by atoms with Crippen molar-refractivity contribution >= 4 is 44.7 Å². The number of aromatic nitrogens is 4. The second-order valence-electron chi connectivity index (χ2n) is 6.93. The van der Waals surface area contributed by atoms with Crippen molar-refractivity contribution in [2.24, 2.45) is 11.1 Å². The largest absolute Gasteiger partial charge is 0.355 e. The molecule has 1 aliphatic heterocycles. The SMILES string of the molecule is NS(=O)(=O)CC1CCCN(c2ccc3nnc(-c4cc(Cl)cc(Cl)c4)n3n2)C1. The predicted octanol–water partition coefficient (Wildman–Crippen LogP) is 2.60. The van der Waals surface area contributed by atoms with Gasteiger partial charge in [-0.2, -0.15) is 4.52 Å². The normalized spacial score (nSPS) is 18.0. The van der Waals surface area contributed by atoms with Crippen LogP contribution in [0, 0.1) is 5.92 Å². The van der Waals surface area contributed by atoms with Crippen LogP contribution in [0.3, 0.4) is 0 Å². The average Bonchev–Trinajstić information content (AvgIpc) is 3.03. The van der Waals surface area contributed by atoms with Crippen molar-refractivity contribution in [3.63, 3.8) is 0 Å². The number of sulfonamides is 1. The van der Waals surface area contributed by atoms with Crippen molar-refractivity contribution in [1.29, 1.82) is 0 Å². The number of halogens is 2. The molecule has 0 spiro atoms. The highest BCUT2D eigenvalue weighted by Gasteiger charge is 2.25. The van der Waals surface area contributed by atoms with Crippen LogP contribution in [0.5, 0.6) is 0 Å². The van der Waals surface area contributed by atoms with Crippen molar-refractivity contribution < 1.29 is 8.42 Å². The summed E-state index contributed by atoms with van der Waals surface area (Å²) in [5, 5.41) is 19.3. The summed E-state index contributed by atoms with van der Waals surface area (Å²) in [5.74, 6) is 1.21. The first-order chi connectivity index (χ1) is 13.3. The molecule has 1 unspecified atom stereocenters. The molecule has 0 amide bonds. The molecule has 0 radical (unpaired) electrons. The van der Waals surface area contributed by atoms with Gasteiger partial charge in [0.05, 0.1) is 5.75 Å². The monoisotopic (exact) mass is 440 g/mol. The molecular weight excluding hydrogens is 423 g/mol. The molecule has 0 aliphatic carbocycles. The van der Waals surface area contributed by atoms with Gasteiger partial charge in [0, 0.05) is 28.7 Å². The highest BCUT2D eigenvalue weighted by molar-refractivity contribution is 7.89. The summed E-state index contributed by atoms with van der Waals surface area (Å²) >= 11 is 12.2. The van der Waals surface area contributed by atoms with Crippen LogP contribution in [0.2, 0.25) is 10.0 Å². The molecule has 28 heavy (non-hydrogen) atoms. The van der Waals surface area contributed by atoms with E-state index in [1.165, 1.54) is 0 Å². The summed E-state index contributed by atoms with van der Waals surface area (Å²) in [5.41, 5.74) is 1.30. The highest BCUT2D eigenvalue weighted by atomic mass is 35.5. The van der Waals surface area contributed by atoms with Crippen molar-refractivity contribution in [2.45, 2.75) is 12.8 Å². The van der Waals surface area contributed by atoms with E-state index in [1.807, 2.05) is 12.1 Å². The number of piperidine rings is 1. The van der Waals surface area contributed by atoms with E-state index in [1.54, 1.807) is 22.7 Å². The Morgan fingerprint density at radius 1 is 1.14 bits per heavy atom. The number of nitrogens with two attached hydrogens (primary N) is 1. The van der Waals surface area contributed by atoms with E-state index in [0.717, 1.165) is 25.2 Å². The number of benzene rings is 1. The number of anilines is 1. The van der Waals surface area contributed by atoms with E-state index in [-0.39, 0.29) is 11.7 Å². The summed E-state index contributed by atoms with van der Waals surface area (Å²) in [6.45, 7) is 1.37. The standard InChI is InChI=1S/C17H18Cl2N6O2S/c18-13-6-12(7-14(19)8-13)17-22-21-15-3-4-16(23-25(15)17)24-5-1-2-11(9-24)10-28(20,26)27/h3-4,6-8,11H,1-2,5,9-10H2,(H2,20,26,27). The lowest BCUT2D eigenvalue weighted by atomic mass is 10.0. The minimum Gasteiger partial charge on any atom is -0.355 e. The minimum atomic E-state index is -3.50. The lowest BCUT2D eigenvalue weighted by Gasteiger charge is -2.33. The third kappa shape index (κ3) is 4.22. The summed E-state index contributed by atoms with van der Waals surface area (Å²) in [7, 11) is -3.50. The molecule has 1 aliphatic rings. The van der Waals surface area contributed by atoms with Crippen molar-refractivity contribution in [1.82, 2.24) is 19.8 Å². The molecule has 4 rings (SSSR count). The Balaban J connectivity index is 1.68. The zero-order valence-electron chi connectivity index (χ0n) is 14.8. The predicted molar refractivity (Wildman–Crippen MR) is 109 cm³/mol. The van der Waals surface area contributed by atoms with Crippen LogP contribution in [0.15, 0.2) is 30.3 Å². The lowest BCUT2D eigenvalue weighted by molar-refractivity contribution is 0.440. The van der Waals surface area contributed by atoms with Crippen LogP contribution in [0.4, 0.5) is 5.82 Å². The highest BCUT2D eigenvalue weighted by Crippen LogP contribution is 2.27. The molecule has 3 aromatic rings. The van der Waals surface area contributed by atoms with Crippen LogP contribution >= 0.6 is 23.2 Å². The third-order valence-electron chi connectivity index (χ3n) is 4.68. The van der Waals surface area contributed by atoms with Gasteiger partial charge in [-0.25, -0.2) is 13.6 Å². The molecule has 3 heterocycles. The number of hydrogen-bond donors (Lipinski definition) is 1. The Morgan fingerprint density at radius 3 is 2.61 bits per heavy atom. The molecule has 0 bridgehead atoms. The third-order valence-corrected chi connectivity index (χ3v) is 6.05. The molecule has 1 aromatic carbocycles. The van der Waals surface area contributed by atoms with Gasteiger partial charge in [-0.05, 0) is 49.1 Å². The fourth-order valence-electron chi connectivity index (χ4n) is 3.55. The molecule has 2 N–H and O–H groups in total. The Hall–Kier alpha value is -1.94. The van der Waals surface area contributed by atoms with E-state index in [4.69, 9.17) is 28.3 Å². The van der Waals surface area contributed by atoms with Crippen LogP contribution in [0.1, 0.15) is 12.8 Å². The van der Waals surface area contributed by atoms with Crippen molar-refractivity contribution in [2.75, 3.05) is 23.7 Å². The molecule has 0 saturated carbocycles. The Labute approximate surface area is 172 Å². The van der Waals surface area contributed by atoms with E-state index < -0.39 is 10.0 Å². The molecule has 11 heteroatoms. The molecule has 1 atom stereocenters. The van der Waals surface area contributed by atoms with Crippen molar-refractivity contribution in [3.8, 4) is 11.4 Å². The van der Waals surface area contributed by atoms with Gasteiger partial charge in [0.25, 0.3) is 0 Å². The number of hydrogen-bond acceptors (Lipinski definition) is 6. The number of primary sulfonamides is 1. The summed E-state index contributed by atoms with van der Waals surface area (Å²) in [6.07, 6.45) is 1.70. The van der Waals surface area contributed by atoms with E-state index >= 15 is 0 Å². The van der Waals surface area contributed by atoms with Crippen LogP contribution < -0.4 is 10.0 Å². The second-order valence-corrected chi connectivity index (χ2v) is 9.46. The van der Waals surface area contributed by atoms with Crippen LogP contribution in [0.25, 0.3) is 17.0 Å². The number of rotatable bonds is 4. The maximum atomic E-state index is 11.4. The zero-order valence-corrected chi connectivity index (χ0v) is 17.1. The Kier molecular flexibility index (Phi) is 5.17.